The van der Waals surface area contributed by atoms with Crippen LogP contribution in [0.1, 0.15) is 75.1 Å². The van der Waals surface area contributed by atoms with E-state index >= 15 is 0 Å². The number of amides is 1. The minimum absolute atomic E-state index is 0.0930. The van der Waals surface area contributed by atoms with Crippen LogP contribution in [-0.2, 0) is 11.0 Å². The second kappa shape index (κ2) is 7.49. The van der Waals surface area contributed by atoms with Gasteiger partial charge in [0, 0.05) is 34.8 Å². The first-order valence-corrected chi connectivity index (χ1v) is 12.2. The van der Waals surface area contributed by atoms with E-state index in [4.69, 9.17) is 4.98 Å². The summed E-state index contributed by atoms with van der Waals surface area (Å²) < 4.78 is 3.70. The van der Waals surface area contributed by atoms with Crippen LogP contribution in [0.4, 0.5) is 11.6 Å². The van der Waals surface area contributed by atoms with Crippen molar-refractivity contribution in [3.63, 3.8) is 0 Å². The Bertz CT molecular complexity index is 1600. The number of rotatable bonds is 4. The number of hydrogen-bond donors (Lipinski definition) is 2. The molecule has 0 unspecified atom stereocenters. The van der Waals surface area contributed by atoms with Crippen molar-refractivity contribution in [2.75, 3.05) is 5.32 Å². The molecule has 1 saturated carbocycles. The Kier molecular flexibility index (Phi) is 4.67. The second-order valence-electron chi connectivity index (χ2n) is 11.2. The van der Waals surface area contributed by atoms with Crippen molar-refractivity contribution >= 4 is 28.6 Å². The molecule has 3 aromatic heterocycles. The van der Waals surface area contributed by atoms with Crippen LogP contribution in [0.15, 0.2) is 47.5 Å². The van der Waals surface area contributed by atoms with Gasteiger partial charge in [-0.05, 0) is 56.5 Å². The number of anilines is 2. The highest BCUT2D eigenvalue weighted by Crippen LogP contribution is 2.36. The largest absolute Gasteiger partial charge is 0.343 e. The molecule has 2 N–H and O–H groups in total. The third-order valence-electron chi connectivity index (χ3n) is 6.89. The SMILES string of the molecule is CC(C)(C)c1cc(-n2c3nc(Nc4ccc5c(c4)C(=O)NC5(C)C)ncc3c(=O)n2C2CC2)ccn1. The average Bonchev–Trinajstić information content (AvgIpc) is 3.58. The van der Waals surface area contributed by atoms with Crippen LogP contribution < -0.4 is 16.2 Å². The summed E-state index contributed by atoms with van der Waals surface area (Å²) in [5, 5.41) is 6.69. The molecule has 36 heavy (non-hydrogen) atoms. The molecular formula is C27H29N7O2. The predicted molar refractivity (Wildman–Crippen MR) is 138 cm³/mol. The van der Waals surface area contributed by atoms with Crippen molar-refractivity contribution in [1.29, 1.82) is 0 Å². The minimum atomic E-state index is -0.404. The molecule has 0 bridgehead atoms. The van der Waals surface area contributed by atoms with Gasteiger partial charge in [0.1, 0.15) is 5.39 Å². The van der Waals surface area contributed by atoms with Gasteiger partial charge >= 0.3 is 0 Å². The molecule has 1 aliphatic heterocycles. The molecule has 184 valence electrons. The van der Waals surface area contributed by atoms with Crippen LogP contribution in [0, 0.1) is 0 Å². The summed E-state index contributed by atoms with van der Waals surface area (Å²) >= 11 is 0. The van der Waals surface area contributed by atoms with Gasteiger partial charge in [-0.15, -0.1) is 0 Å². The Labute approximate surface area is 208 Å². The standard InChI is InChI=1S/C27H29N7O2/c1-26(2,3)21-13-17(10-11-28-21)33-22-19(24(36)34(33)16-7-8-16)14-29-25(31-22)30-15-6-9-20-18(12-15)23(35)32-27(20,4)5/h6,9-14,16H,7-8H2,1-5H3,(H,32,35)(H,29,30,31). The molecule has 0 saturated heterocycles. The highest BCUT2D eigenvalue weighted by Gasteiger charge is 2.35. The van der Waals surface area contributed by atoms with Crippen LogP contribution >= 0.6 is 0 Å². The van der Waals surface area contributed by atoms with Gasteiger partial charge < -0.3 is 10.6 Å². The van der Waals surface area contributed by atoms with Crippen LogP contribution in [0.3, 0.4) is 0 Å². The molecule has 1 fully saturated rings. The fraction of sp³-hybridized carbons (Fsp3) is 0.370. The number of benzene rings is 1. The predicted octanol–water partition coefficient (Wildman–Crippen LogP) is 4.33. The summed E-state index contributed by atoms with van der Waals surface area (Å²) in [6.45, 7) is 10.3. The maximum atomic E-state index is 13.4. The Morgan fingerprint density at radius 2 is 1.86 bits per heavy atom. The first-order valence-electron chi connectivity index (χ1n) is 12.2. The molecule has 4 aromatic rings. The summed E-state index contributed by atoms with van der Waals surface area (Å²) in [6.07, 6.45) is 5.28. The zero-order valence-electron chi connectivity index (χ0n) is 21.1. The average molecular weight is 484 g/mol. The summed E-state index contributed by atoms with van der Waals surface area (Å²) in [4.78, 5) is 39.6. The molecule has 1 aliphatic carbocycles. The van der Waals surface area contributed by atoms with Crippen molar-refractivity contribution in [3.8, 4) is 5.69 Å². The normalized spacial score (nSPS) is 16.8. The summed E-state index contributed by atoms with van der Waals surface area (Å²) in [5.74, 6) is 0.254. The van der Waals surface area contributed by atoms with Gasteiger partial charge in [-0.25, -0.2) is 14.3 Å². The second-order valence-corrected chi connectivity index (χ2v) is 11.2. The number of nitrogens with zero attached hydrogens (tertiary/aromatic N) is 5. The van der Waals surface area contributed by atoms with E-state index in [0.717, 1.165) is 29.8 Å². The number of nitrogens with one attached hydrogen (secondary N) is 2. The number of fused-ring (bicyclic) bond motifs is 2. The molecule has 0 atom stereocenters. The molecular weight excluding hydrogens is 454 g/mol. The zero-order chi connectivity index (χ0) is 25.4. The quantitative estimate of drug-likeness (QED) is 0.447. The van der Waals surface area contributed by atoms with E-state index in [9.17, 15) is 9.59 Å². The Morgan fingerprint density at radius 1 is 1.08 bits per heavy atom. The Balaban J connectivity index is 1.46. The molecule has 0 radical (unpaired) electrons. The first-order chi connectivity index (χ1) is 17.0. The van der Waals surface area contributed by atoms with Crippen molar-refractivity contribution in [1.82, 2.24) is 29.6 Å². The molecule has 9 heteroatoms. The molecule has 1 amide bonds. The fourth-order valence-corrected chi connectivity index (χ4v) is 4.82. The maximum Gasteiger partial charge on any atom is 0.278 e. The minimum Gasteiger partial charge on any atom is -0.343 e. The van der Waals surface area contributed by atoms with Gasteiger partial charge in [0.05, 0.1) is 17.3 Å². The maximum absolute atomic E-state index is 13.4. The highest BCUT2D eigenvalue weighted by atomic mass is 16.2. The third kappa shape index (κ3) is 3.57. The van der Waals surface area contributed by atoms with Crippen LogP contribution in [0.2, 0.25) is 0 Å². The van der Waals surface area contributed by atoms with Crippen LogP contribution in [-0.4, -0.2) is 30.2 Å². The Hall–Kier alpha value is -4.01. The first kappa shape index (κ1) is 22.5. The van der Waals surface area contributed by atoms with Crippen molar-refractivity contribution in [2.45, 2.75) is 64.5 Å². The van der Waals surface area contributed by atoms with Crippen LogP contribution in [0.5, 0.6) is 0 Å². The van der Waals surface area contributed by atoms with E-state index in [1.807, 2.05) is 48.9 Å². The topological polar surface area (TPSA) is 107 Å². The van der Waals surface area contributed by atoms with Gasteiger partial charge in [0.15, 0.2) is 5.65 Å². The lowest BCUT2D eigenvalue weighted by Gasteiger charge is -2.19. The van der Waals surface area contributed by atoms with Gasteiger partial charge in [0.25, 0.3) is 11.5 Å². The summed E-state index contributed by atoms with van der Waals surface area (Å²) in [7, 11) is 0. The van der Waals surface area contributed by atoms with E-state index in [0.29, 0.717) is 28.2 Å². The molecule has 4 heterocycles. The smallest absolute Gasteiger partial charge is 0.278 e. The molecule has 9 nitrogen and oxygen atoms in total. The number of aromatic nitrogens is 5. The van der Waals surface area contributed by atoms with E-state index in [1.54, 1.807) is 17.1 Å². The lowest BCUT2D eigenvalue weighted by molar-refractivity contribution is 0.0940. The number of hydrogen-bond acceptors (Lipinski definition) is 6. The van der Waals surface area contributed by atoms with Gasteiger partial charge in [0.2, 0.25) is 5.95 Å². The molecule has 2 aliphatic rings. The molecule has 0 spiro atoms. The Morgan fingerprint density at radius 3 is 2.58 bits per heavy atom. The number of pyridine rings is 1. The number of carbonyl (C=O) groups is 1. The van der Waals surface area contributed by atoms with Crippen molar-refractivity contribution in [3.05, 3.63) is 69.9 Å². The van der Waals surface area contributed by atoms with Crippen molar-refractivity contribution in [2.24, 2.45) is 0 Å². The van der Waals surface area contributed by atoms with Gasteiger partial charge in [-0.1, -0.05) is 26.8 Å². The van der Waals surface area contributed by atoms with Gasteiger partial charge in [-0.3, -0.25) is 14.6 Å². The zero-order valence-corrected chi connectivity index (χ0v) is 21.1. The highest BCUT2D eigenvalue weighted by molar-refractivity contribution is 6.00. The summed E-state index contributed by atoms with van der Waals surface area (Å²) in [5.41, 5.74) is 3.97. The van der Waals surface area contributed by atoms with E-state index in [-0.39, 0.29) is 22.9 Å². The monoisotopic (exact) mass is 483 g/mol. The number of carbonyl (C=O) groups excluding carboxylic acids is 1. The van der Waals surface area contributed by atoms with Gasteiger partial charge in [-0.2, -0.15) is 4.98 Å². The van der Waals surface area contributed by atoms with Crippen LogP contribution in [0.25, 0.3) is 16.7 Å². The lowest BCUT2D eigenvalue weighted by Crippen LogP contribution is -2.32. The van der Waals surface area contributed by atoms with E-state index in [2.05, 4.69) is 41.4 Å². The van der Waals surface area contributed by atoms with E-state index in [1.165, 1.54) is 0 Å². The third-order valence-corrected chi connectivity index (χ3v) is 6.89. The molecule has 1 aromatic carbocycles. The fourth-order valence-electron chi connectivity index (χ4n) is 4.82. The lowest BCUT2D eigenvalue weighted by atomic mass is 9.91. The molecule has 6 rings (SSSR count). The summed E-state index contributed by atoms with van der Waals surface area (Å²) in [6, 6.07) is 9.74. The van der Waals surface area contributed by atoms with E-state index < -0.39 is 5.54 Å². The van der Waals surface area contributed by atoms with Crippen molar-refractivity contribution < 1.29 is 4.79 Å².